The maximum absolute atomic E-state index is 13.3. The number of nitrogens with zero attached hydrogens (tertiary/aromatic N) is 1. The molecule has 5 rings (SSSR count). The van der Waals surface area contributed by atoms with E-state index in [1.165, 1.54) is 18.4 Å². The monoisotopic (exact) mass is 512 g/mol. The smallest absolute Gasteiger partial charge is 0.255 e. The molecule has 1 unspecified atom stereocenters. The fourth-order valence-electron chi connectivity index (χ4n) is 5.77. The molecule has 0 radical (unpaired) electrons. The second kappa shape index (κ2) is 11.8. The van der Waals surface area contributed by atoms with Crippen molar-refractivity contribution >= 4 is 17.4 Å². The standard InChI is InChI=1S/C32H36N2O4/c1-37-28-19-27(20-29(21-28)38-2)33-32(36)26-10-11-30-25(18-26)9-8-24(31(30)35)14-17-34-15-12-23(13-16-34)22-6-4-3-5-7-22/h3-7,10-11,18-21,23-24H,8-9,12-17H2,1-2H3,(H,33,36). The highest BCUT2D eigenvalue weighted by Crippen LogP contribution is 2.32. The Morgan fingerprint density at radius 3 is 2.32 bits per heavy atom. The zero-order valence-corrected chi connectivity index (χ0v) is 22.2. The number of carbonyl (C=O) groups excluding carboxylic acids is 2. The van der Waals surface area contributed by atoms with E-state index < -0.39 is 0 Å². The van der Waals surface area contributed by atoms with Gasteiger partial charge in [-0.1, -0.05) is 36.4 Å². The van der Waals surface area contributed by atoms with Crippen molar-refractivity contribution in [3.05, 3.63) is 89.0 Å². The zero-order chi connectivity index (χ0) is 26.5. The summed E-state index contributed by atoms with van der Waals surface area (Å²) in [5.41, 5.74) is 4.31. The molecule has 6 nitrogen and oxygen atoms in total. The van der Waals surface area contributed by atoms with E-state index in [2.05, 4.69) is 40.5 Å². The lowest BCUT2D eigenvalue weighted by Crippen LogP contribution is -2.35. The summed E-state index contributed by atoms with van der Waals surface area (Å²) in [4.78, 5) is 28.8. The van der Waals surface area contributed by atoms with E-state index in [1.807, 2.05) is 12.1 Å². The molecule has 0 bridgehead atoms. The molecule has 3 aromatic rings. The Labute approximate surface area is 225 Å². The molecule has 1 heterocycles. The van der Waals surface area contributed by atoms with Gasteiger partial charge in [-0.3, -0.25) is 9.59 Å². The molecule has 198 valence electrons. The number of anilines is 1. The first kappa shape index (κ1) is 26.0. The van der Waals surface area contributed by atoms with Crippen molar-refractivity contribution in [3.8, 4) is 11.5 Å². The van der Waals surface area contributed by atoms with Crippen LogP contribution in [0.15, 0.2) is 66.7 Å². The number of rotatable bonds is 8. The van der Waals surface area contributed by atoms with Gasteiger partial charge in [0.05, 0.1) is 14.2 Å². The average molecular weight is 513 g/mol. The molecule has 1 amide bonds. The Morgan fingerprint density at radius 2 is 1.63 bits per heavy atom. The van der Waals surface area contributed by atoms with Gasteiger partial charge in [-0.05, 0) is 80.9 Å². The second-order valence-corrected chi connectivity index (χ2v) is 10.3. The van der Waals surface area contributed by atoms with Crippen molar-refractivity contribution in [1.82, 2.24) is 4.90 Å². The zero-order valence-electron chi connectivity index (χ0n) is 22.2. The highest BCUT2D eigenvalue weighted by atomic mass is 16.5. The number of likely N-dealkylation sites (tertiary alicyclic amines) is 1. The van der Waals surface area contributed by atoms with Crippen molar-refractivity contribution in [2.45, 2.75) is 38.0 Å². The number of amides is 1. The summed E-state index contributed by atoms with van der Waals surface area (Å²) in [5, 5.41) is 2.92. The molecular formula is C32H36N2O4. The number of fused-ring (bicyclic) bond motifs is 1. The number of ketones is 1. The first-order valence-corrected chi connectivity index (χ1v) is 13.5. The lowest BCUT2D eigenvalue weighted by molar-refractivity contribution is 0.0876. The summed E-state index contributed by atoms with van der Waals surface area (Å²) >= 11 is 0. The van der Waals surface area contributed by atoms with Crippen LogP contribution in [0.5, 0.6) is 11.5 Å². The average Bonchev–Trinajstić information content (AvgIpc) is 2.97. The van der Waals surface area contributed by atoms with Gasteiger partial charge < -0.3 is 19.7 Å². The molecule has 1 atom stereocenters. The first-order valence-electron chi connectivity index (χ1n) is 13.5. The summed E-state index contributed by atoms with van der Waals surface area (Å²) in [7, 11) is 3.14. The number of carbonyl (C=O) groups is 2. The summed E-state index contributed by atoms with van der Waals surface area (Å²) in [5.74, 6) is 1.89. The minimum absolute atomic E-state index is 0.0540. The van der Waals surface area contributed by atoms with Gasteiger partial charge in [-0.2, -0.15) is 0 Å². The van der Waals surface area contributed by atoms with E-state index in [-0.39, 0.29) is 17.6 Å². The van der Waals surface area contributed by atoms with Crippen molar-refractivity contribution in [3.63, 3.8) is 0 Å². The van der Waals surface area contributed by atoms with Gasteiger partial charge in [-0.25, -0.2) is 0 Å². The number of methoxy groups -OCH3 is 2. The Morgan fingerprint density at radius 1 is 0.921 bits per heavy atom. The number of Topliss-reactive ketones (excluding diaryl/α,β-unsaturated/α-hetero) is 1. The van der Waals surface area contributed by atoms with E-state index >= 15 is 0 Å². The van der Waals surface area contributed by atoms with Crippen LogP contribution in [0.4, 0.5) is 5.69 Å². The molecule has 1 aliphatic heterocycles. The van der Waals surface area contributed by atoms with Crippen molar-refractivity contribution in [1.29, 1.82) is 0 Å². The summed E-state index contributed by atoms with van der Waals surface area (Å²) in [6.07, 6.45) is 4.91. The fourth-order valence-corrected chi connectivity index (χ4v) is 5.77. The molecular weight excluding hydrogens is 476 g/mol. The fraction of sp³-hybridized carbons (Fsp3) is 0.375. The second-order valence-electron chi connectivity index (χ2n) is 10.3. The largest absolute Gasteiger partial charge is 0.497 e. The minimum Gasteiger partial charge on any atom is -0.497 e. The van der Waals surface area contributed by atoms with Crippen LogP contribution in [-0.4, -0.2) is 50.4 Å². The molecule has 1 aliphatic carbocycles. The van der Waals surface area contributed by atoms with Gasteiger partial charge in [0.15, 0.2) is 5.78 Å². The topological polar surface area (TPSA) is 67.9 Å². The number of piperidine rings is 1. The molecule has 1 N–H and O–H groups in total. The number of hydrogen-bond acceptors (Lipinski definition) is 5. The number of ether oxygens (including phenoxy) is 2. The maximum atomic E-state index is 13.3. The lowest BCUT2D eigenvalue weighted by atomic mass is 9.80. The van der Waals surface area contributed by atoms with Crippen LogP contribution in [0, 0.1) is 5.92 Å². The molecule has 1 fully saturated rings. The van der Waals surface area contributed by atoms with Crippen molar-refractivity contribution < 1.29 is 19.1 Å². The van der Waals surface area contributed by atoms with Crippen molar-refractivity contribution in [2.24, 2.45) is 5.92 Å². The predicted octanol–water partition coefficient (Wildman–Crippen LogP) is 5.97. The lowest BCUT2D eigenvalue weighted by Gasteiger charge is -2.33. The highest BCUT2D eigenvalue weighted by Gasteiger charge is 2.29. The molecule has 0 spiro atoms. The molecule has 1 saturated heterocycles. The van der Waals surface area contributed by atoms with Crippen LogP contribution < -0.4 is 14.8 Å². The third-order valence-corrected chi connectivity index (χ3v) is 8.03. The number of hydrogen-bond donors (Lipinski definition) is 1. The highest BCUT2D eigenvalue weighted by molar-refractivity contribution is 6.06. The van der Waals surface area contributed by atoms with Crippen LogP contribution in [0.25, 0.3) is 0 Å². The van der Waals surface area contributed by atoms with Gasteiger partial charge in [0.2, 0.25) is 0 Å². The summed E-state index contributed by atoms with van der Waals surface area (Å²) in [6, 6.07) is 21.5. The maximum Gasteiger partial charge on any atom is 0.255 e. The quantitative estimate of drug-likeness (QED) is 0.403. The van der Waals surface area contributed by atoms with Gasteiger partial charge in [0.25, 0.3) is 5.91 Å². The van der Waals surface area contributed by atoms with Crippen LogP contribution in [0.1, 0.15) is 63.4 Å². The Hall–Kier alpha value is -3.64. The van der Waals surface area contributed by atoms with Gasteiger partial charge >= 0.3 is 0 Å². The summed E-state index contributed by atoms with van der Waals surface area (Å²) in [6.45, 7) is 3.15. The summed E-state index contributed by atoms with van der Waals surface area (Å²) < 4.78 is 10.6. The molecule has 6 heteroatoms. The van der Waals surface area contributed by atoms with E-state index in [0.717, 1.165) is 50.0 Å². The van der Waals surface area contributed by atoms with Crippen LogP contribution in [0.3, 0.4) is 0 Å². The van der Waals surface area contributed by atoms with E-state index in [9.17, 15) is 9.59 Å². The number of nitrogens with one attached hydrogen (secondary N) is 1. The normalized spacial score (nSPS) is 18.1. The van der Waals surface area contributed by atoms with E-state index in [0.29, 0.717) is 28.7 Å². The Kier molecular flexibility index (Phi) is 8.08. The Balaban J connectivity index is 1.16. The van der Waals surface area contributed by atoms with Crippen molar-refractivity contribution in [2.75, 3.05) is 39.2 Å². The molecule has 2 aliphatic rings. The van der Waals surface area contributed by atoms with E-state index in [4.69, 9.17) is 9.47 Å². The predicted molar refractivity (Wildman–Crippen MR) is 150 cm³/mol. The third kappa shape index (κ3) is 5.91. The first-order chi connectivity index (χ1) is 18.5. The van der Waals surface area contributed by atoms with E-state index in [1.54, 1.807) is 38.5 Å². The third-order valence-electron chi connectivity index (χ3n) is 8.03. The van der Waals surface area contributed by atoms with Gasteiger partial charge in [0, 0.05) is 40.9 Å². The number of benzene rings is 3. The van der Waals surface area contributed by atoms with Crippen LogP contribution >= 0.6 is 0 Å². The van der Waals surface area contributed by atoms with Gasteiger partial charge in [0.1, 0.15) is 11.5 Å². The van der Waals surface area contributed by atoms with Crippen LogP contribution in [-0.2, 0) is 6.42 Å². The number of aryl methyl sites for hydroxylation is 1. The minimum atomic E-state index is -0.225. The SMILES string of the molecule is COc1cc(NC(=O)c2ccc3c(c2)CCC(CCN2CCC(c4ccccc4)CC2)C3=O)cc(OC)c1. The molecule has 0 aromatic heterocycles. The van der Waals surface area contributed by atoms with Gasteiger partial charge in [-0.15, -0.1) is 0 Å². The molecule has 3 aromatic carbocycles. The Bertz CT molecular complexity index is 1260. The van der Waals surface area contributed by atoms with Crippen LogP contribution in [0.2, 0.25) is 0 Å². The molecule has 38 heavy (non-hydrogen) atoms. The molecule has 0 saturated carbocycles.